The molecule has 0 unspecified atom stereocenters. The van der Waals surface area contributed by atoms with E-state index in [0.29, 0.717) is 10.6 Å². The number of nitro groups is 1. The third-order valence-corrected chi connectivity index (χ3v) is 3.99. The second kappa shape index (κ2) is 7.46. The first kappa shape index (κ1) is 18.4. The number of cyclic esters (lactones) is 1. The van der Waals surface area contributed by atoms with E-state index >= 15 is 0 Å². The van der Waals surface area contributed by atoms with Crippen molar-refractivity contribution in [3.63, 3.8) is 0 Å². The van der Waals surface area contributed by atoms with Gasteiger partial charge in [0.15, 0.2) is 17.2 Å². The minimum atomic E-state index is -0.718. The number of carbonyl (C=O) groups excluding carboxylic acids is 1. The van der Waals surface area contributed by atoms with Crippen molar-refractivity contribution in [2.24, 2.45) is 4.99 Å². The molecule has 0 spiro atoms. The summed E-state index contributed by atoms with van der Waals surface area (Å²) in [5.74, 6) is -0.149. The van der Waals surface area contributed by atoms with Gasteiger partial charge in [0, 0.05) is 10.6 Å². The first-order valence-corrected chi connectivity index (χ1v) is 7.99. The number of halogens is 1. The lowest BCUT2D eigenvalue weighted by atomic mass is 10.1. The SMILES string of the molecule is COc1cc(/C=C2\N=C(c3ccc(Cl)cc3)OC2=O)c([N+](=O)[O-])cc1OC. The number of esters is 1. The van der Waals surface area contributed by atoms with Crippen LogP contribution in [0.2, 0.25) is 5.02 Å². The van der Waals surface area contributed by atoms with E-state index in [2.05, 4.69) is 4.99 Å². The molecule has 27 heavy (non-hydrogen) atoms. The second-order valence-corrected chi connectivity index (χ2v) is 5.80. The Kier molecular flexibility index (Phi) is 5.09. The maximum atomic E-state index is 12.1. The maximum absolute atomic E-state index is 12.1. The highest BCUT2D eigenvalue weighted by molar-refractivity contribution is 6.30. The Morgan fingerprint density at radius 3 is 2.37 bits per heavy atom. The predicted octanol–water partition coefficient (Wildman–Crippen LogP) is 3.61. The number of hydrogen-bond donors (Lipinski definition) is 0. The molecular weight excluding hydrogens is 376 g/mol. The van der Waals surface area contributed by atoms with E-state index in [1.54, 1.807) is 24.3 Å². The van der Waals surface area contributed by atoms with Gasteiger partial charge in [0.2, 0.25) is 5.90 Å². The molecule has 0 aromatic heterocycles. The third-order valence-electron chi connectivity index (χ3n) is 3.73. The van der Waals surface area contributed by atoms with Crippen LogP contribution in [0.1, 0.15) is 11.1 Å². The summed E-state index contributed by atoms with van der Waals surface area (Å²) in [5.41, 5.74) is 0.349. The highest BCUT2D eigenvalue weighted by Crippen LogP contribution is 2.36. The lowest BCUT2D eigenvalue weighted by molar-refractivity contribution is -0.385. The molecule has 9 heteroatoms. The zero-order chi connectivity index (χ0) is 19.6. The third kappa shape index (κ3) is 3.75. The molecule has 138 valence electrons. The summed E-state index contributed by atoms with van der Waals surface area (Å²) < 4.78 is 15.4. The van der Waals surface area contributed by atoms with Gasteiger partial charge in [0.25, 0.3) is 5.69 Å². The molecule has 0 atom stereocenters. The van der Waals surface area contributed by atoms with Gasteiger partial charge in [-0.15, -0.1) is 0 Å². The Labute approximate surface area is 158 Å². The topological polar surface area (TPSA) is 100 Å². The van der Waals surface area contributed by atoms with Crippen LogP contribution in [0.4, 0.5) is 5.69 Å². The molecule has 0 amide bonds. The molecule has 0 saturated carbocycles. The van der Waals surface area contributed by atoms with Crippen LogP contribution in [0.15, 0.2) is 47.1 Å². The standard InChI is InChI=1S/C18H13ClN2O6/c1-25-15-8-11(14(21(23)24)9-16(15)26-2)7-13-18(22)27-17(20-13)10-3-5-12(19)6-4-10/h3-9H,1-2H3/b13-7-. The number of hydrogen-bond acceptors (Lipinski definition) is 7. The van der Waals surface area contributed by atoms with Crippen molar-refractivity contribution in [2.45, 2.75) is 0 Å². The molecule has 0 saturated heterocycles. The molecule has 3 rings (SSSR count). The van der Waals surface area contributed by atoms with Crippen molar-refractivity contribution in [1.82, 2.24) is 0 Å². The molecule has 2 aromatic rings. The number of nitrogens with zero attached hydrogens (tertiary/aromatic N) is 2. The van der Waals surface area contributed by atoms with Crippen molar-refractivity contribution in [3.8, 4) is 11.5 Å². The molecule has 0 bridgehead atoms. The first-order chi connectivity index (χ1) is 12.9. The van der Waals surface area contributed by atoms with Gasteiger partial charge in [-0.05, 0) is 36.4 Å². The van der Waals surface area contributed by atoms with Gasteiger partial charge in [0.05, 0.1) is 30.8 Å². The summed E-state index contributed by atoms with van der Waals surface area (Å²) in [7, 11) is 2.78. The van der Waals surface area contributed by atoms with Crippen LogP contribution in [0.3, 0.4) is 0 Å². The van der Waals surface area contributed by atoms with Crippen LogP contribution in [-0.2, 0) is 9.53 Å². The van der Waals surface area contributed by atoms with Crippen LogP contribution in [0.25, 0.3) is 6.08 Å². The van der Waals surface area contributed by atoms with Crippen molar-refractivity contribution in [3.05, 3.63) is 68.4 Å². The Balaban J connectivity index is 2.06. The summed E-state index contributed by atoms with van der Waals surface area (Å²) in [5, 5.41) is 11.9. The Morgan fingerprint density at radius 1 is 1.15 bits per heavy atom. The number of methoxy groups -OCH3 is 2. The van der Waals surface area contributed by atoms with Crippen molar-refractivity contribution >= 4 is 35.2 Å². The average Bonchev–Trinajstić information content (AvgIpc) is 3.02. The Hall–Kier alpha value is -3.39. The fourth-order valence-electron chi connectivity index (χ4n) is 2.43. The number of carbonyl (C=O) groups is 1. The van der Waals surface area contributed by atoms with Crippen LogP contribution in [0, 0.1) is 10.1 Å². The molecule has 2 aromatic carbocycles. The average molecular weight is 389 g/mol. The van der Waals surface area contributed by atoms with E-state index in [1.165, 1.54) is 32.4 Å². The largest absolute Gasteiger partial charge is 0.493 e. The fraction of sp³-hybridized carbons (Fsp3) is 0.111. The van der Waals surface area contributed by atoms with Crippen molar-refractivity contribution < 1.29 is 23.9 Å². The van der Waals surface area contributed by atoms with E-state index in [0.717, 1.165) is 0 Å². The van der Waals surface area contributed by atoms with Gasteiger partial charge in [-0.3, -0.25) is 10.1 Å². The van der Waals surface area contributed by atoms with E-state index in [-0.39, 0.29) is 34.3 Å². The summed E-state index contributed by atoms with van der Waals surface area (Å²) in [6.45, 7) is 0. The first-order valence-electron chi connectivity index (χ1n) is 7.62. The normalized spacial score (nSPS) is 14.7. The van der Waals surface area contributed by atoms with Gasteiger partial charge in [0.1, 0.15) is 0 Å². The van der Waals surface area contributed by atoms with E-state index in [9.17, 15) is 14.9 Å². The van der Waals surface area contributed by atoms with Gasteiger partial charge in [-0.25, -0.2) is 9.79 Å². The summed E-state index contributed by atoms with van der Waals surface area (Å²) in [6, 6.07) is 9.18. The number of aliphatic imine (C=N–C) groups is 1. The molecule has 1 aliphatic rings. The van der Waals surface area contributed by atoms with Gasteiger partial charge in [-0.1, -0.05) is 11.6 Å². The number of ether oxygens (including phenoxy) is 3. The fourth-order valence-corrected chi connectivity index (χ4v) is 2.56. The lowest BCUT2D eigenvalue weighted by Gasteiger charge is -2.08. The van der Waals surface area contributed by atoms with E-state index in [4.69, 9.17) is 25.8 Å². The van der Waals surface area contributed by atoms with Crippen molar-refractivity contribution in [1.29, 1.82) is 0 Å². The molecule has 0 aliphatic carbocycles. The zero-order valence-electron chi connectivity index (χ0n) is 14.3. The molecule has 0 radical (unpaired) electrons. The van der Waals surface area contributed by atoms with Crippen LogP contribution < -0.4 is 9.47 Å². The summed E-state index contributed by atoms with van der Waals surface area (Å²) >= 11 is 5.84. The number of benzene rings is 2. The lowest BCUT2D eigenvalue weighted by Crippen LogP contribution is -2.05. The maximum Gasteiger partial charge on any atom is 0.363 e. The molecule has 0 N–H and O–H groups in total. The summed E-state index contributed by atoms with van der Waals surface area (Å²) in [6.07, 6.45) is 1.27. The van der Waals surface area contributed by atoms with Crippen LogP contribution >= 0.6 is 11.6 Å². The van der Waals surface area contributed by atoms with Gasteiger partial charge in [-0.2, -0.15) is 0 Å². The summed E-state index contributed by atoms with van der Waals surface area (Å²) in [4.78, 5) is 27.1. The molecule has 1 heterocycles. The van der Waals surface area contributed by atoms with E-state index < -0.39 is 10.9 Å². The molecule has 8 nitrogen and oxygen atoms in total. The number of rotatable bonds is 5. The van der Waals surface area contributed by atoms with Crippen molar-refractivity contribution in [2.75, 3.05) is 14.2 Å². The zero-order valence-corrected chi connectivity index (χ0v) is 15.0. The van der Waals surface area contributed by atoms with Crippen LogP contribution in [-0.4, -0.2) is 31.0 Å². The highest BCUT2D eigenvalue weighted by atomic mass is 35.5. The molecule has 0 fully saturated rings. The minimum Gasteiger partial charge on any atom is -0.493 e. The van der Waals surface area contributed by atoms with E-state index in [1.807, 2.05) is 0 Å². The van der Waals surface area contributed by atoms with Gasteiger partial charge >= 0.3 is 5.97 Å². The quantitative estimate of drug-likeness (QED) is 0.335. The van der Waals surface area contributed by atoms with Crippen LogP contribution in [0.5, 0.6) is 11.5 Å². The monoisotopic (exact) mass is 388 g/mol. The molecular formula is C18H13ClN2O6. The smallest absolute Gasteiger partial charge is 0.363 e. The number of nitro benzene ring substituents is 1. The molecule has 1 aliphatic heterocycles. The Bertz CT molecular complexity index is 982. The Morgan fingerprint density at radius 2 is 1.78 bits per heavy atom. The second-order valence-electron chi connectivity index (χ2n) is 5.37. The predicted molar refractivity (Wildman–Crippen MR) is 98.3 cm³/mol. The van der Waals surface area contributed by atoms with Gasteiger partial charge < -0.3 is 14.2 Å². The minimum absolute atomic E-state index is 0.0738. The highest BCUT2D eigenvalue weighted by Gasteiger charge is 2.26.